The average molecular weight is 231 g/mol. The van der Waals surface area contributed by atoms with Gasteiger partial charge in [0, 0.05) is 24.5 Å². The summed E-state index contributed by atoms with van der Waals surface area (Å²) in [6.45, 7) is 2.87. The van der Waals surface area contributed by atoms with Gasteiger partial charge in [-0.3, -0.25) is 4.79 Å². The van der Waals surface area contributed by atoms with Crippen LogP contribution in [0.4, 0.5) is 0 Å². The number of hydrogen-bond acceptors (Lipinski definition) is 2. The van der Waals surface area contributed by atoms with Crippen LogP contribution in [0.5, 0.6) is 0 Å². The Balaban J connectivity index is 2.27. The lowest BCUT2D eigenvalue weighted by Gasteiger charge is -2.08. The van der Waals surface area contributed by atoms with Crippen LogP contribution in [0.1, 0.15) is 37.4 Å². The molecule has 90 valence electrons. The standard InChI is InChI=1S/C13H17N3O/c1-2-7-15-8-9-16-12(13(15)17)10-5-3-4-6-11(10)14-16/h8-9H,2-7H2,1H3. The van der Waals surface area contributed by atoms with Gasteiger partial charge in [0.25, 0.3) is 5.56 Å². The molecule has 0 N–H and O–H groups in total. The second kappa shape index (κ2) is 4.02. The van der Waals surface area contributed by atoms with Crippen LogP contribution in [-0.4, -0.2) is 14.2 Å². The van der Waals surface area contributed by atoms with Crippen LogP contribution in [-0.2, 0) is 19.4 Å². The number of aryl methyl sites for hydroxylation is 3. The summed E-state index contributed by atoms with van der Waals surface area (Å²) >= 11 is 0. The van der Waals surface area contributed by atoms with E-state index in [1.165, 1.54) is 18.4 Å². The van der Waals surface area contributed by atoms with Crippen molar-refractivity contribution in [2.24, 2.45) is 0 Å². The first-order chi connectivity index (χ1) is 8.31. The largest absolute Gasteiger partial charge is 0.312 e. The molecule has 17 heavy (non-hydrogen) atoms. The highest BCUT2D eigenvalue weighted by molar-refractivity contribution is 5.55. The van der Waals surface area contributed by atoms with E-state index in [-0.39, 0.29) is 5.56 Å². The van der Waals surface area contributed by atoms with Crippen LogP contribution in [0, 0.1) is 0 Å². The fourth-order valence-corrected chi connectivity index (χ4v) is 2.67. The lowest BCUT2D eigenvalue weighted by atomic mass is 9.97. The van der Waals surface area contributed by atoms with Crippen molar-refractivity contribution in [3.05, 3.63) is 34.0 Å². The number of aromatic nitrogens is 3. The van der Waals surface area contributed by atoms with Gasteiger partial charge in [-0.15, -0.1) is 0 Å². The Morgan fingerprint density at radius 3 is 2.94 bits per heavy atom. The van der Waals surface area contributed by atoms with Gasteiger partial charge in [0.15, 0.2) is 0 Å². The molecule has 4 nitrogen and oxygen atoms in total. The molecular formula is C13H17N3O. The van der Waals surface area contributed by atoms with Crippen molar-refractivity contribution in [1.82, 2.24) is 14.2 Å². The average Bonchev–Trinajstić information content (AvgIpc) is 2.72. The molecule has 0 saturated carbocycles. The Labute approximate surface area is 99.9 Å². The number of hydrogen-bond donors (Lipinski definition) is 0. The first kappa shape index (κ1) is 10.6. The third-order valence-corrected chi connectivity index (χ3v) is 3.50. The molecular weight excluding hydrogens is 214 g/mol. The summed E-state index contributed by atoms with van der Waals surface area (Å²) in [5.41, 5.74) is 3.23. The molecule has 0 radical (unpaired) electrons. The fourth-order valence-electron chi connectivity index (χ4n) is 2.67. The third kappa shape index (κ3) is 1.59. The van der Waals surface area contributed by atoms with Crippen LogP contribution in [0.2, 0.25) is 0 Å². The first-order valence-corrected chi connectivity index (χ1v) is 6.41. The lowest BCUT2D eigenvalue weighted by molar-refractivity contribution is 0.647. The van der Waals surface area contributed by atoms with Gasteiger partial charge in [0.05, 0.1) is 5.69 Å². The van der Waals surface area contributed by atoms with Crippen LogP contribution < -0.4 is 5.56 Å². The summed E-state index contributed by atoms with van der Waals surface area (Å²) < 4.78 is 3.57. The second-order valence-electron chi connectivity index (χ2n) is 4.72. The number of rotatable bonds is 2. The van der Waals surface area contributed by atoms with Crippen LogP contribution in [0.3, 0.4) is 0 Å². The maximum Gasteiger partial charge on any atom is 0.276 e. The van der Waals surface area contributed by atoms with E-state index in [9.17, 15) is 4.79 Å². The van der Waals surface area contributed by atoms with Crippen molar-refractivity contribution in [2.75, 3.05) is 0 Å². The monoisotopic (exact) mass is 231 g/mol. The smallest absolute Gasteiger partial charge is 0.276 e. The van der Waals surface area contributed by atoms with E-state index in [4.69, 9.17) is 0 Å². The summed E-state index contributed by atoms with van der Waals surface area (Å²) in [5, 5.41) is 4.52. The van der Waals surface area contributed by atoms with E-state index in [2.05, 4.69) is 12.0 Å². The van der Waals surface area contributed by atoms with Crippen molar-refractivity contribution in [1.29, 1.82) is 0 Å². The van der Waals surface area contributed by atoms with Gasteiger partial charge in [-0.25, -0.2) is 4.52 Å². The molecule has 0 spiro atoms. The van der Waals surface area contributed by atoms with Crippen molar-refractivity contribution < 1.29 is 0 Å². The predicted molar refractivity (Wildman–Crippen MR) is 66.4 cm³/mol. The van der Waals surface area contributed by atoms with Gasteiger partial charge in [0.1, 0.15) is 5.52 Å². The molecule has 3 rings (SSSR count). The van der Waals surface area contributed by atoms with E-state index in [1.807, 2.05) is 12.4 Å². The highest BCUT2D eigenvalue weighted by atomic mass is 16.1. The van der Waals surface area contributed by atoms with Crippen LogP contribution in [0.25, 0.3) is 5.52 Å². The molecule has 2 heterocycles. The van der Waals surface area contributed by atoms with Crippen LogP contribution >= 0.6 is 0 Å². The lowest BCUT2D eigenvalue weighted by Crippen LogP contribution is -2.22. The number of nitrogens with zero attached hydrogens (tertiary/aromatic N) is 3. The fraction of sp³-hybridized carbons (Fsp3) is 0.538. The predicted octanol–water partition coefficient (Wildman–Crippen LogP) is 1.78. The van der Waals surface area contributed by atoms with Gasteiger partial charge in [-0.2, -0.15) is 5.10 Å². The molecule has 1 aliphatic rings. The minimum Gasteiger partial charge on any atom is -0.312 e. The minimum absolute atomic E-state index is 0.116. The third-order valence-electron chi connectivity index (χ3n) is 3.50. The van der Waals surface area contributed by atoms with Gasteiger partial charge in [-0.1, -0.05) is 6.92 Å². The SMILES string of the molecule is CCCn1ccn2nc3c(c2c1=O)CCCC3. The molecule has 0 aromatic carbocycles. The maximum atomic E-state index is 12.4. The highest BCUT2D eigenvalue weighted by Gasteiger charge is 2.19. The van der Waals surface area contributed by atoms with Crippen molar-refractivity contribution >= 4 is 5.52 Å². The molecule has 0 bridgehead atoms. The summed E-state index contributed by atoms with van der Waals surface area (Å²) in [6, 6.07) is 0. The zero-order chi connectivity index (χ0) is 11.8. The molecule has 2 aromatic rings. The molecule has 2 aromatic heterocycles. The Kier molecular flexibility index (Phi) is 2.50. The maximum absolute atomic E-state index is 12.4. The van der Waals surface area contributed by atoms with E-state index >= 15 is 0 Å². The molecule has 0 unspecified atom stereocenters. The Hall–Kier alpha value is -1.58. The summed E-state index contributed by atoms with van der Waals surface area (Å²) in [4.78, 5) is 12.4. The zero-order valence-corrected chi connectivity index (χ0v) is 10.1. The Morgan fingerprint density at radius 2 is 2.12 bits per heavy atom. The second-order valence-corrected chi connectivity index (χ2v) is 4.72. The topological polar surface area (TPSA) is 39.3 Å². The number of fused-ring (bicyclic) bond motifs is 3. The quantitative estimate of drug-likeness (QED) is 0.790. The first-order valence-electron chi connectivity index (χ1n) is 6.41. The van der Waals surface area contributed by atoms with E-state index < -0.39 is 0 Å². The zero-order valence-electron chi connectivity index (χ0n) is 10.1. The van der Waals surface area contributed by atoms with Gasteiger partial charge in [-0.05, 0) is 32.1 Å². The molecule has 0 fully saturated rings. The summed E-state index contributed by atoms with van der Waals surface area (Å²) in [6.07, 6.45) is 9.12. The van der Waals surface area contributed by atoms with E-state index in [0.29, 0.717) is 0 Å². The van der Waals surface area contributed by atoms with Crippen molar-refractivity contribution in [3.63, 3.8) is 0 Å². The van der Waals surface area contributed by atoms with E-state index in [0.717, 1.165) is 37.0 Å². The molecule has 4 heteroatoms. The van der Waals surface area contributed by atoms with Gasteiger partial charge in [0.2, 0.25) is 0 Å². The normalized spacial score (nSPS) is 15.1. The molecule has 0 amide bonds. The molecule has 0 saturated heterocycles. The Morgan fingerprint density at radius 1 is 1.29 bits per heavy atom. The van der Waals surface area contributed by atoms with Crippen molar-refractivity contribution in [3.8, 4) is 0 Å². The molecule has 0 atom stereocenters. The molecule has 1 aliphatic carbocycles. The summed E-state index contributed by atoms with van der Waals surface area (Å²) in [7, 11) is 0. The van der Waals surface area contributed by atoms with Gasteiger partial charge < -0.3 is 4.57 Å². The highest BCUT2D eigenvalue weighted by Crippen LogP contribution is 2.22. The van der Waals surface area contributed by atoms with Crippen molar-refractivity contribution in [2.45, 2.75) is 45.6 Å². The molecule has 0 aliphatic heterocycles. The van der Waals surface area contributed by atoms with Crippen LogP contribution in [0.15, 0.2) is 17.2 Å². The Bertz CT molecular complexity index is 609. The van der Waals surface area contributed by atoms with Gasteiger partial charge >= 0.3 is 0 Å². The minimum atomic E-state index is 0.116. The summed E-state index contributed by atoms with van der Waals surface area (Å²) in [5.74, 6) is 0. The van der Waals surface area contributed by atoms with E-state index in [1.54, 1.807) is 9.08 Å².